The molecule has 0 saturated heterocycles. The Morgan fingerprint density at radius 3 is 2.64 bits per heavy atom. The summed E-state index contributed by atoms with van der Waals surface area (Å²) < 4.78 is 8.10. The highest BCUT2D eigenvalue weighted by atomic mass is 32.2. The van der Waals surface area contributed by atoms with Gasteiger partial charge in [0.25, 0.3) is 0 Å². The van der Waals surface area contributed by atoms with Crippen molar-refractivity contribution in [1.82, 2.24) is 14.8 Å². The zero-order valence-electron chi connectivity index (χ0n) is 15.8. The van der Waals surface area contributed by atoms with Crippen LogP contribution in [0.3, 0.4) is 0 Å². The molecule has 2 unspecified atom stereocenters. The van der Waals surface area contributed by atoms with Crippen LogP contribution in [0.1, 0.15) is 30.7 Å². The second kappa shape index (κ2) is 8.49. The van der Waals surface area contributed by atoms with Crippen LogP contribution in [-0.2, 0) is 6.61 Å². The van der Waals surface area contributed by atoms with Gasteiger partial charge in [0.05, 0.1) is 6.07 Å². The van der Waals surface area contributed by atoms with Crippen molar-refractivity contribution in [3.8, 4) is 17.5 Å². The van der Waals surface area contributed by atoms with E-state index < -0.39 is 0 Å². The fourth-order valence-corrected chi connectivity index (χ4v) is 4.77. The SMILES string of the molecule is Cc1ccccc1OCc1nnc(SC2CCC(C#N)C2)n1-c1ccccc1. The molecule has 28 heavy (non-hydrogen) atoms. The molecule has 2 aromatic carbocycles. The van der Waals surface area contributed by atoms with E-state index in [0.717, 1.165) is 47.2 Å². The van der Waals surface area contributed by atoms with Gasteiger partial charge in [-0.05, 0) is 49.9 Å². The lowest BCUT2D eigenvalue weighted by atomic mass is 10.1. The summed E-state index contributed by atoms with van der Waals surface area (Å²) in [7, 11) is 0. The molecule has 1 heterocycles. The predicted octanol–water partition coefficient (Wildman–Crippen LogP) is 4.94. The van der Waals surface area contributed by atoms with E-state index in [1.54, 1.807) is 11.8 Å². The number of aryl methyl sites for hydroxylation is 1. The fraction of sp³-hybridized carbons (Fsp3) is 0.318. The molecule has 5 nitrogen and oxygen atoms in total. The Kier molecular flexibility index (Phi) is 5.63. The Morgan fingerprint density at radius 1 is 1.11 bits per heavy atom. The summed E-state index contributed by atoms with van der Waals surface area (Å²) in [4.78, 5) is 0. The first-order valence-electron chi connectivity index (χ1n) is 9.49. The molecular weight excluding hydrogens is 368 g/mol. The van der Waals surface area contributed by atoms with Crippen LogP contribution < -0.4 is 4.74 Å². The van der Waals surface area contributed by atoms with Crippen LogP contribution >= 0.6 is 11.8 Å². The van der Waals surface area contributed by atoms with Gasteiger partial charge in [-0.3, -0.25) is 4.57 Å². The number of nitriles is 1. The smallest absolute Gasteiger partial charge is 0.196 e. The fourth-order valence-electron chi connectivity index (χ4n) is 3.48. The minimum absolute atomic E-state index is 0.162. The highest BCUT2D eigenvalue weighted by molar-refractivity contribution is 7.99. The standard InChI is InChI=1S/C22H22N4OS/c1-16-7-5-6-10-20(16)27-15-21-24-25-22(26(21)18-8-3-2-4-9-18)28-19-12-11-17(13-19)14-23/h2-10,17,19H,11-13,15H2,1H3. The third-order valence-electron chi connectivity index (χ3n) is 5.00. The Labute approximate surface area is 169 Å². The van der Waals surface area contributed by atoms with E-state index in [4.69, 9.17) is 4.74 Å². The molecule has 3 aromatic rings. The number of aromatic nitrogens is 3. The summed E-state index contributed by atoms with van der Waals surface area (Å²) in [6, 6.07) is 20.5. The molecule has 4 rings (SSSR count). The molecule has 1 aliphatic carbocycles. The topological polar surface area (TPSA) is 63.7 Å². The van der Waals surface area contributed by atoms with Crippen molar-refractivity contribution in [2.75, 3.05) is 0 Å². The molecule has 1 aliphatic rings. The normalized spacial score (nSPS) is 18.7. The van der Waals surface area contributed by atoms with Crippen LogP contribution in [0.4, 0.5) is 0 Å². The quantitative estimate of drug-likeness (QED) is 0.596. The minimum Gasteiger partial charge on any atom is -0.485 e. The average Bonchev–Trinajstić information content (AvgIpc) is 3.35. The second-order valence-electron chi connectivity index (χ2n) is 7.00. The van der Waals surface area contributed by atoms with Gasteiger partial charge < -0.3 is 4.74 Å². The third kappa shape index (κ3) is 4.05. The van der Waals surface area contributed by atoms with E-state index >= 15 is 0 Å². The lowest BCUT2D eigenvalue weighted by Gasteiger charge is -2.13. The number of benzene rings is 2. The molecule has 1 fully saturated rings. The second-order valence-corrected chi connectivity index (χ2v) is 8.27. The van der Waals surface area contributed by atoms with Gasteiger partial charge in [0.15, 0.2) is 11.0 Å². The summed E-state index contributed by atoms with van der Waals surface area (Å²) in [5.41, 5.74) is 2.12. The number of rotatable bonds is 6. The zero-order valence-corrected chi connectivity index (χ0v) is 16.6. The van der Waals surface area contributed by atoms with Gasteiger partial charge in [0, 0.05) is 16.9 Å². The molecular formula is C22H22N4OS. The van der Waals surface area contributed by atoms with Crippen molar-refractivity contribution in [3.05, 3.63) is 66.0 Å². The highest BCUT2D eigenvalue weighted by Gasteiger charge is 2.27. The number of hydrogen-bond acceptors (Lipinski definition) is 5. The summed E-state index contributed by atoms with van der Waals surface area (Å²) in [5, 5.41) is 19.3. The van der Waals surface area contributed by atoms with Gasteiger partial charge in [0.2, 0.25) is 0 Å². The molecule has 1 aromatic heterocycles. The number of hydrogen-bond donors (Lipinski definition) is 0. The van der Waals surface area contributed by atoms with E-state index in [1.807, 2.05) is 49.4 Å². The van der Waals surface area contributed by atoms with Crippen LogP contribution in [0.25, 0.3) is 5.69 Å². The van der Waals surface area contributed by atoms with Gasteiger partial charge >= 0.3 is 0 Å². The van der Waals surface area contributed by atoms with E-state index in [0.29, 0.717) is 11.9 Å². The lowest BCUT2D eigenvalue weighted by molar-refractivity contribution is 0.291. The van der Waals surface area contributed by atoms with Crippen LogP contribution in [0, 0.1) is 24.2 Å². The van der Waals surface area contributed by atoms with Crippen molar-refractivity contribution < 1.29 is 4.74 Å². The lowest BCUT2D eigenvalue weighted by Crippen LogP contribution is -2.08. The monoisotopic (exact) mass is 390 g/mol. The van der Waals surface area contributed by atoms with Crippen molar-refractivity contribution in [2.24, 2.45) is 5.92 Å². The number of para-hydroxylation sites is 2. The highest BCUT2D eigenvalue weighted by Crippen LogP contribution is 2.38. The Bertz CT molecular complexity index is 980. The van der Waals surface area contributed by atoms with Gasteiger partial charge in [-0.1, -0.05) is 48.2 Å². The first-order valence-corrected chi connectivity index (χ1v) is 10.4. The summed E-state index contributed by atoms with van der Waals surface area (Å²) in [6.45, 7) is 2.38. The van der Waals surface area contributed by atoms with Crippen molar-refractivity contribution >= 4 is 11.8 Å². The number of thioether (sulfide) groups is 1. The largest absolute Gasteiger partial charge is 0.485 e. The van der Waals surface area contributed by atoms with Gasteiger partial charge in [-0.25, -0.2) is 0 Å². The van der Waals surface area contributed by atoms with Crippen LogP contribution in [0.2, 0.25) is 0 Å². The first-order chi connectivity index (χ1) is 13.7. The Hall–Kier alpha value is -2.78. The summed E-state index contributed by atoms with van der Waals surface area (Å²) in [5.74, 6) is 1.79. The van der Waals surface area contributed by atoms with E-state index in [2.05, 4.69) is 33.0 Å². The molecule has 6 heteroatoms. The average molecular weight is 391 g/mol. The Morgan fingerprint density at radius 2 is 1.89 bits per heavy atom. The van der Waals surface area contributed by atoms with Crippen LogP contribution in [0.5, 0.6) is 5.75 Å². The molecule has 0 N–H and O–H groups in total. The van der Waals surface area contributed by atoms with Gasteiger partial charge in [0.1, 0.15) is 12.4 Å². The molecule has 1 saturated carbocycles. The maximum absolute atomic E-state index is 9.18. The zero-order chi connectivity index (χ0) is 19.3. The van der Waals surface area contributed by atoms with Crippen molar-refractivity contribution in [2.45, 2.75) is 43.2 Å². The molecule has 2 atom stereocenters. The maximum Gasteiger partial charge on any atom is 0.196 e. The maximum atomic E-state index is 9.18. The van der Waals surface area contributed by atoms with Crippen LogP contribution in [0.15, 0.2) is 59.8 Å². The molecule has 0 bridgehead atoms. The summed E-state index contributed by atoms with van der Waals surface area (Å²) >= 11 is 1.72. The molecule has 0 aliphatic heterocycles. The molecule has 0 spiro atoms. The molecule has 142 valence electrons. The predicted molar refractivity (Wildman–Crippen MR) is 109 cm³/mol. The van der Waals surface area contributed by atoms with Crippen LogP contribution in [-0.4, -0.2) is 20.0 Å². The van der Waals surface area contributed by atoms with Gasteiger partial charge in [-0.15, -0.1) is 10.2 Å². The molecule has 0 radical (unpaired) electrons. The van der Waals surface area contributed by atoms with E-state index in [-0.39, 0.29) is 5.92 Å². The number of ether oxygens (including phenoxy) is 1. The first kappa shape index (κ1) is 18.6. The van der Waals surface area contributed by atoms with Crippen molar-refractivity contribution in [3.63, 3.8) is 0 Å². The van der Waals surface area contributed by atoms with E-state index in [1.165, 1.54) is 0 Å². The number of nitrogens with zero attached hydrogens (tertiary/aromatic N) is 4. The Balaban J connectivity index is 1.59. The third-order valence-corrected chi connectivity index (χ3v) is 6.24. The van der Waals surface area contributed by atoms with Crippen molar-refractivity contribution in [1.29, 1.82) is 5.26 Å². The summed E-state index contributed by atoms with van der Waals surface area (Å²) in [6.07, 6.45) is 2.92. The molecule has 0 amide bonds. The van der Waals surface area contributed by atoms with Gasteiger partial charge in [-0.2, -0.15) is 5.26 Å². The minimum atomic E-state index is 0.162. The van der Waals surface area contributed by atoms with E-state index in [9.17, 15) is 5.26 Å².